The first-order valence-electron chi connectivity index (χ1n) is 7.29. The van der Waals surface area contributed by atoms with E-state index in [0.29, 0.717) is 12.5 Å². The fourth-order valence-corrected chi connectivity index (χ4v) is 3.39. The second kappa shape index (κ2) is 5.33. The van der Waals surface area contributed by atoms with Gasteiger partial charge in [-0.2, -0.15) is 0 Å². The molecule has 1 aliphatic carbocycles. The van der Waals surface area contributed by atoms with Crippen molar-refractivity contribution in [3.8, 4) is 5.75 Å². The van der Waals surface area contributed by atoms with Gasteiger partial charge in [-0.25, -0.2) is 0 Å². The molecule has 102 valence electrons. The van der Waals surface area contributed by atoms with Crippen molar-refractivity contribution in [2.45, 2.75) is 32.1 Å². The summed E-state index contributed by atoms with van der Waals surface area (Å²) in [4.78, 5) is 12.7. The highest BCUT2D eigenvalue weighted by Gasteiger charge is 2.31. The van der Waals surface area contributed by atoms with Crippen LogP contribution in [0, 0.1) is 11.8 Å². The molecule has 1 aromatic rings. The van der Waals surface area contributed by atoms with E-state index in [2.05, 4.69) is 0 Å². The number of hydrogen-bond acceptors (Lipinski definition) is 3. The Labute approximate surface area is 114 Å². The van der Waals surface area contributed by atoms with Crippen molar-refractivity contribution in [3.05, 3.63) is 29.3 Å². The molecule has 0 bridgehead atoms. The number of Topliss-reactive ketones (excluding diaryl/α,β-unsaturated/α-hetero) is 1. The lowest BCUT2D eigenvalue weighted by molar-refractivity contribution is 0.0829. The summed E-state index contributed by atoms with van der Waals surface area (Å²) in [5, 5.41) is 0. The van der Waals surface area contributed by atoms with Gasteiger partial charge in [0.05, 0.1) is 6.61 Å². The zero-order valence-electron chi connectivity index (χ0n) is 11.2. The summed E-state index contributed by atoms with van der Waals surface area (Å²) in [6.07, 6.45) is 5.38. The van der Waals surface area contributed by atoms with Gasteiger partial charge in [-0.15, -0.1) is 0 Å². The maximum absolute atomic E-state index is 12.7. The third-order valence-corrected chi connectivity index (χ3v) is 4.52. The van der Waals surface area contributed by atoms with Crippen molar-refractivity contribution in [2.24, 2.45) is 17.6 Å². The third kappa shape index (κ3) is 2.39. The Morgan fingerprint density at radius 2 is 2.16 bits per heavy atom. The molecule has 3 heteroatoms. The summed E-state index contributed by atoms with van der Waals surface area (Å²) in [6.45, 7) is 1.37. The van der Waals surface area contributed by atoms with Crippen molar-refractivity contribution in [1.82, 2.24) is 0 Å². The van der Waals surface area contributed by atoms with E-state index in [9.17, 15) is 4.79 Å². The van der Waals surface area contributed by atoms with Gasteiger partial charge in [0.25, 0.3) is 0 Å². The van der Waals surface area contributed by atoms with E-state index >= 15 is 0 Å². The van der Waals surface area contributed by atoms with Crippen LogP contribution in [0.1, 0.15) is 41.6 Å². The molecule has 3 rings (SSSR count). The molecule has 0 radical (unpaired) electrons. The maximum atomic E-state index is 12.7. The molecule has 0 aromatic heterocycles. The maximum Gasteiger partial charge on any atom is 0.166 e. The molecule has 1 fully saturated rings. The molecule has 3 nitrogen and oxygen atoms in total. The predicted molar refractivity (Wildman–Crippen MR) is 74.5 cm³/mol. The van der Waals surface area contributed by atoms with Gasteiger partial charge in [-0.3, -0.25) is 4.79 Å². The number of nitrogens with two attached hydrogens (primary N) is 1. The molecule has 0 saturated heterocycles. The van der Waals surface area contributed by atoms with Crippen LogP contribution in [0.25, 0.3) is 0 Å². The first kappa shape index (κ1) is 12.7. The van der Waals surface area contributed by atoms with Crippen LogP contribution in [-0.4, -0.2) is 18.9 Å². The van der Waals surface area contributed by atoms with Gasteiger partial charge in [0.15, 0.2) is 5.78 Å². The molecule has 2 unspecified atom stereocenters. The second-order valence-corrected chi connectivity index (χ2v) is 5.67. The SMILES string of the molecule is NCC1CCCCC1C(=O)c1ccc2c(c1)CCO2. The van der Waals surface area contributed by atoms with Gasteiger partial charge in [0, 0.05) is 17.9 Å². The molecule has 0 amide bonds. The largest absolute Gasteiger partial charge is 0.493 e. The van der Waals surface area contributed by atoms with Crippen LogP contribution in [0.3, 0.4) is 0 Å². The second-order valence-electron chi connectivity index (χ2n) is 5.67. The lowest BCUT2D eigenvalue weighted by Crippen LogP contribution is -2.32. The number of hydrogen-bond donors (Lipinski definition) is 1. The van der Waals surface area contributed by atoms with E-state index in [1.54, 1.807) is 0 Å². The third-order valence-electron chi connectivity index (χ3n) is 4.52. The number of ether oxygens (including phenoxy) is 1. The Kier molecular flexibility index (Phi) is 3.56. The first-order chi connectivity index (χ1) is 9.29. The van der Waals surface area contributed by atoms with Gasteiger partial charge < -0.3 is 10.5 Å². The van der Waals surface area contributed by atoms with Gasteiger partial charge >= 0.3 is 0 Å². The van der Waals surface area contributed by atoms with E-state index in [4.69, 9.17) is 10.5 Å². The summed E-state index contributed by atoms with van der Waals surface area (Å²) in [5.74, 6) is 1.71. The van der Waals surface area contributed by atoms with Gasteiger partial charge in [0.2, 0.25) is 0 Å². The molecule has 1 aliphatic heterocycles. The Morgan fingerprint density at radius 1 is 1.32 bits per heavy atom. The van der Waals surface area contributed by atoms with Gasteiger partial charge in [0.1, 0.15) is 5.75 Å². The Hall–Kier alpha value is -1.35. The van der Waals surface area contributed by atoms with Crippen LogP contribution < -0.4 is 10.5 Å². The molecule has 19 heavy (non-hydrogen) atoms. The van der Waals surface area contributed by atoms with E-state index < -0.39 is 0 Å². The van der Waals surface area contributed by atoms with Crippen molar-refractivity contribution < 1.29 is 9.53 Å². The predicted octanol–water partition coefficient (Wildman–Crippen LogP) is 2.57. The Bertz CT molecular complexity index is 484. The topological polar surface area (TPSA) is 52.3 Å². The molecule has 2 N–H and O–H groups in total. The average Bonchev–Trinajstić information content (AvgIpc) is 2.93. The zero-order valence-corrected chi connectivity index (χ0v) is 11.2. The van der Waals surface area contributed by atoms with Crippen molar-refractivity contribution in [2.75, 3.05) is 13.2 Å². The van der Waals surface area contributed by atoms with E-state index in [0.717, 1.165) is 43.6 Å². The number of benzene rings is 1. The van der Waals surface area contributed by atoms with Gasteiger partial charge in [-0.1, -0.05) is 12.8 Å². The Morgan fingerprint density at radius 3 is 3.00 bits per heavy atom. The highest BCUT2D eigenvalue weighted by molar-refractivity contribution is 5.98. The molecule has 2 atom stereocenters. The lowest BCUT2D eigenvalue weighted by atomic mass is 9.75. The number of carbonyl (C=O) groups is 1. The number of fused-ring (bicyclic) bond motifs is 1. The minimum absolute atomic E-state index is 0.124. The van der Waals surface area contributed by atoms with Crippen LogP contribution in [0.15, 0.2) is 18.2 Å². The highest BCUT2D eigenvalue weighted by atomic mass is 16.5. The molecule has 1 heterocycles. The monoisotopic (exact) mass is 259 g/mol. The molecular formula is C16H21NO2. The Balaban J connectivity index is 1.82. The van der Waals surface area contributed by atoms with Crippen LogP contribution in [-0.2, 0) is 6.42 Å². The molecule has 2 aliphatic rings. The molecule has 1 aromatic carbocycles. The minimum atomic E-state index is 0.124. The van der Waals surface area contributed by atoms with Crippen molar-refractivity contribution in [3.63, 3.8) is 0 Å². The summed E-state index contributed by atoms with van der Waals surface area (Å²) in [6, 6.07) is 5.87. The van der Waals surface area contributed by atoms with E-state index in [-0.39, 0.29) is 11.7 Å². The van der Waals surface area contributed by atoms with Crippen LogP contribution in [0.4, 0.5) is 0 Å². The summed E-state index contributed by atoms with van der Waals surface area (Å²) in [7, 11) is 0. The van der Waals surface area contributed by atoms with E-state index in [1.807, 2.05) is 18.2 Å². The lowest BCUT2D eigenvalue weighted by Gasteiger charge is -2.29. The molecule has 0 spiro atoms. The van der Waals surface area contributed by atoms with Gasteiger partial charge in [-0.05, 0) is 49.1 Å². The molecule has 1 saturated carbocycles. The zero-order chi connectivity index (χ0) is 13.2. The average molecular weight is 259 g/mol. The molecular weight excluding hydrogens is 238 g/mol. The summed E-state index contributed by atoms with van der Waals surface area (Å²) < 4.78 is 5.49. The smallest absolute Gasteiger partial charge is 0.166 e. The van der Waals surface area contributed by atoms with Crippen LogP contribution in [0.5, 0.6) is 5.75 Å². The van der Waals surface area contributed by atoms with Crippen LogP contribution in [0.2, 0.25) is 0 Å². The van der Waals surface area contributed by atoms with E-state index in [1.165, 1.54) is 12.0 Å². The van der Waals surface area contributed by atoms with Crippen molar-refractivity contribution >= 4 is 5.78 Å². The standard InChI is InChI=1S/C16H21NO2/c17-10-13-3-1-2-4-14(13)16(18)12-5-6-15-11(9-12)7-8-19-15/h5-6,9,13-14H,1-4,7-8,10,17H2. The number of ketones is 1. The number of rotatable bonds is 3. The normalized spacial score (nSPS) is 25.7. The summed E-state index contributed by atoms with van der Waals surface area (Å²) >= 11 is 0. The number of carbonyl (C=O) groups excluding carboxylic acids is 1. The fraction of sp³-hybridized carbons (Fsp3) is 0.562. The highest BCUT2D eigenvalue weighted by Crippen LogP contribution is 2.33. The van der Waals surface area contributed by atoms with Crippen molar-refractivity contribution in [1.29, 1.82) is 0 Å². The quantitative estimate of drug-likeness (QED) is 0.849. The van der Waals surface area contributed by atoms with Crippen LogP contribution >= 0.6 is 0 Å². The first-order valence-corrected chi connectivity index (χ1v) is 7.29. The fourth-order valence-electron chi connectivity index (χ4n) is 3.39. The minimum Gasteiger partial charge on any atom is -0.493 e. The summed E-state index contributed by atoms with van der Waals surface area (Å²) in [5.41, 5.74) is 7.84.